The average molecular weight is 401 g/mol. The number of halogens is 1. The van der Waals surface area contributed by atoms with Crippen LogP contribution in [0.2, 0.25) is 5.15 Å². The first-order valence-corrected chi connectivity index (χ1v) is 9.38. The quantitative estimate of drug-likeness (QED) is 0.370. The van der Waals surface area contributed by atoms with Gasteiger partial charge in [-0.1, -0.05) is 29.4 Å². The Morgan fingerprint density at radius 3 is 2.81 bits per heavy atom. The van der Waals surface area contributed by atoms with Gasteiger partial charge in [-0.2, -0.15) is 0 Å². The first kappa shape index (κ1) is 19.1. The molecule has 0 aliphatic heterocycles. The molecular formula is C18H17ClN6OS. The molecule has 1 amide bonds. The molecule has 3 rings (SSSR count). The number of nitrogens with one attached hydrogen (secondary N) is 1. The van der Waals surface area contributed by atoms with Gasteiger partial charge in [0.05, 0.1) is 10.9 Å². The Bertz CT molecular complexity index is 946. The summed E-state index contributed by atoms with van der Waals surface area (Å²) in [5.74, 6) is 0.497. The summed E-state index contributed by atoms with van der Waals surface area (Å²) in [4.78, 5) is 20.5. The maximum absolute atomic E-state index is 12.5. The lowest BCUT2D eigenvalue weighted by Gasteiger charge is -2.13. The van der Waals surface area contributed by atoms with E-state index in [0.717, 1.165) is 5.56 Å². The number of carbonyl (C=O) groups excluding carboxylic acids is 1. The van der Waals surface area contributed by atoms with Gasteiger partial charge in [-0.05, 0) is 31.2 Å². The number of nitrogens with zero attached hydrogens (tertiary/aromatic N) is 5. The van der Waals surface area contributed by atoms with Crippen LogP contribution in [0.5, 0.6) is 0 Å². The Hall–Kier alpha value is -2.71. The van der Waals surface area contributed by atoms with Crippen LogP contribution >= 0.6 is 23.4 Å². The van der Waals surface area contributed by atoms with E-state index in [1.807, 2.05) is 16.7 Å². The second-order valence-corrected chi connectivity index (χ2v) is 7.20. The highest BCUT2D eigenvalue weighted by atomic mass is 35.5. The molecular weight excluding hydrogens is 384 g/mol. The summed E-state index contributed by atoms with van der Waals surface area (Å²) in [5.41, 5.74) is 1.37. The van der Waals surface area contributed by atoms with Gasteiger partial charge in [-0.25, -0.2) is 4.98 Å². The van der Waals surface area contributed by atoms with Crippen molar-refractivity contribution in [1.29, 1.82) is 0 Å². The molecule has 1 atom stereocenters. The van der Waals surface area contributed by atoms with Crippen LogP contribution < -0.4 is 5.32 Å². The molecule has 0 unspecified atom stereocenters. The predicted molar refractivity (Wildman–Crippen MR) is 107 cm³/mol. The summed E-state index contributed by atoms with van der Waals surface area (Å²) in [6.07, 6.45) is 6.72. The molecule has 0 radical (unpaired) electrons. The highest BCUT2D eigenvalue weighted by Gasteiger charge is 2.21. The number of pyridine rings is 2. The van der Waals surface area contributed by atoms with Crippen molar-refractivity contribution < 1.29 is 4.79 Å². The Morgan fingerprint density at radius 1 is 1.33 bits per heavy atom. The number of hydrogen-bond acceptors (Lipinski definition) is 6. The Balaban J connectivity index is 1.78. The van der Waals surface area contributed by atoms with Gasteiger partial charge in [-0.3, -0.25) is 14.3 Å². The molecule has 0 saturated carbocycles. The normalized spacial score (nSPS) is 11.8. The highest BCUT2D eigenvalue weighted by molar-refractivity contribution is 8.00. The third-order valence-corrected chi connectivity index (χ3v) is 5.02. The Kier molecular flexibility index (Phi) is 6.20. The average Bonchev–Trinajstić information content (AvgIpc) is 3.07. The lowest BCUT2D eigenvalue weighted by molar-refractivity contribution is -0.115. The zero-order valence-electron chi connectivity index (χ0n) is 14.5. The van der Waals surface area contributed by atoms with Crippen LogP contribution in [0.3, 0.4) is 0 Å². The van der Waals surface area contributed by atoms with Gasteiger partial charge in [0, 0.05) is 30.7 Å². The van der Waals surface area contributed by atoms with Crippen molar-refractivity contribution in [1.82, 2.24) is 24.7 Å². The van der Waals surface area contributed by atoms with Crippen molar-refractivity contribution in [2.45, 2.75) is 23.9 Å². The largest absolute Gasteiger partial charge is 0.322 e. The summed E-state index contributed by atoms with van der Waals surface area (Å²) >= 11 is 7.30. The number of hydrogen-bond donors (Lipinski definition) is 1. The van der Waals surface area contributed by atoms with E-state index >= 15 is 0 Å². The molecule has 9 heteroatoms. The smallest absolute Gasteiger partial charge is 0.237 e. The van der Waals surface area contributed by atoms with Crippen molar-refractivity contribution in [3.8, 4) is 11.4 Å². The molecule has 138 valence electrons. The van der Waals surface area contributed by atoms with Crippen molar-refractivity contribution in [3.63, 3.8) is 0 Å². The van der Waals surface area contributed by atoms with Crippen LogP contribution in [0.4, 0.5) is 5.69 Å². The van der Waals surface area contributed by atoms with Crippen molar-refractivity contribution in [2.24, 2.45) is 0 Å². The molecule has 1 N–H and O–H groups in total. The van der Waals surface area contributed by atoms with E-state index < -0.39 is 5.25 Å². The zero-order valence-corrected chi connectivity index (χ0v) is 16.1. The second kappa shape index (κ2) is 8.79. The minimum absolute atomic E-state index is 0.200. The number of anilines is 1. The number of allylic oxidation sites excluding steroid dienone is 1. The topological polar surface area (TPSA) is 85.6 Å². The van der Waals surface area contributed by atoms with Crippen LogP contribution in [0.1, 0.15) is 6.92 Å². The van der Waals surface area contributed by atoms with E-state index in [1.54, 1.807) is 43.7 Å². The number of carbonyl (C=O) groups is 1. The molecule has 27 heavy (non-hydrogen) atoms. The molecule has 7 nitrogen and oxygen atoms in total. The van der Waals surface area contributed by atoms with E-state index in [2.05, 4.69) is 32.1 Å². The van der Waals surface area contributed by atoms with Crippen molar-refractivity contribution in [2.75, 3.05) is 5.32 Å². The van der Waals surface area contributed by atoms with Gasteiger partial charge in [0.25, 0.3) is 0 Å². The molecule has 0 bridgehead atoms. The zero-order chi connectivity index (χ0) is 19.2. The second-order valence-electron chi connectivity index (χ2n) is 5.53. The Labute approximate surface area is 165 Å². The molecule has 3 aromatic heterocycles. The van der Waals surface area contributed by atoms with Gasteiger partial charge in [0.15, 0.2) is 16.1 Å². The van der Waals surface area contributed by atoms with E-state index in [0.29, 0.717) is 23.2 Å². The maximum atomic E-state index is 12.5. The number of thioether (sulfide) groups is 1. The fourth-order valence-corrected chi connectivity index (χ4v) is 3.33. The summed E-state index contributed by atoms with van der Waals surface area (Å²) in [7, 11) is 0. The highest BCUT2D eigenvalue weighted by Crippen LogP contribution is 2.28. The molecule has 0 aromatic carbocycles. The van der Waals surface area contributed by atoms with E-state index in [1.165, 1.54) is 11.8 Å². The molecule has 3 aromatic rings. The van der Waals surface area contributed by atoms with E-state index in [4.69, 9.17) is 11.6 Å². The molecule has 0 spiro atoms. The first-order chi connectivity index (χ1) is 13.1. The molecule has 0 fully saturated rings. The van der Waals surface area contributed by atoms with Gasteiger partial charge >= 0.3 is 0 Å². The van der Waals surface area contributed by atoms with Gasteiger partial charge in [0.2, 0.25) is 5.91 Å². The third-order valence-electron chi connectivity index (χ3n) is 3.64. The van der Waals surface area contributed by atoms with Crippen LogP contribution in [0, 0.1) is 0 Å². The number of aromatic nitrogens is 5. The number of rotatable bonds is 7. The van der Waals surface area contributed by atoms with Gasteiger partial charge in [-0.15, -0.1) is 16.8 Å². The lowest BCUT2D eigenvalue weighted by Crippen LogP contribution is -2.23. The van der Waals surface area contributed by atoms with Gasteiger partial charge in [0.1, 0.15) is 0 Å². The summed E-state index contributed by atoms with van der Waals surface area (Å²) in [5, 5.41) is 11.8. The van der Waals surface area contributed by atoms with Crippen LogP contribution in [-0.2, 0) is 11.3 Å². The minimum atomic E-state index is -0.417. The lowest BCUT2D eigenvalue weighted by atomic mass is 10.2. The monoisotopic (exact) mass is 400 g/mol. The van der Waals surface area contributed by atoms with Crippen LogP contribution in [-0.4, -0.2) is 35.9 Å². The fraction of sp³-hybridized carbons (Fsp3) is 0.167. The van der Waals surface area contributed by atoms with Crippen LogP contribution in [0.25, 0.3) is 11.4 Å². The van der Waals surface area contributed by atoms with E-state index in [9.17, 15) is 4.79 Å². The SMILES string of the molecule is C=CCn1c(S[C@H](C)C(=O)Nc2cccnc2Cl)nnc1-c1ccncc1. The molecule has 3 heterocycles. The van der Waals surface area contributed by atoms with Gasteiger partial charge < -0.3 is 5.32 Å². The Morgan fingerprint density at radius 2 is 2.11 bits per heavy atom. The minimum Gasteiger partial charge on any atom is -0.322 e. The standard InChI is InChI=1S/C18H17ClN6OS/c1-3-11-25-16(13-6-9-20-10-7-13)23-24-18(25)27-12(2)17(26)22-14-5-4-8-21-15(14)19/h3-10,12H,1,11H2,2H3,(H,22,26)/t12-/m1/s1. The fourth-order valence-electron chi connectivity index (χ4n) is 2.31. The summed E-state index contributed by atoms with van der Waals surface area (Å²) in [6.45, 7) is 6.11. The summed E-state index contributed by atoms with van der Waals surface area (Å²) < 4.78 is 1.91. The first-order valence-electron chi connectivity index (χ1n) is 8.12. The van der Waals surface area contributed by atoms with Crippen molar-refractivity contribution in [3.05, 3.63) is 60.7 Å². The predicted octanol–water partition coefficient (Wildman–Crippen LogP) is 3.69. The molecule has 0 aliphatic carbocycles. The van der Waals surface area contributed by atoms with E-state index in [-0.39, 0.29) is 11.1 Å². The molecule has 0 saturated heterocycles. The number of amides is 1. The van der Waals surface area contributed by atoms with Crippen LogP contribution in [0.15, 0.2) is 60.7 Å². The molecule has 0 aliphatic rings. The third kappa shape index (κ3) is 4.53. The maximum Gasteiger partial charge on any atom is 0.237 e. The van der Waals surface area contributed by atoms with Crippen molar-refractivity contribution >= 4 is 35.0 Å². The summed E-state index contributed by atoms with van der Waals surface area (Å²) in [6, 6.07) is 7.13.